The van der Waals surface area contributed by atoms with E-state index in [-0.39, 0.29) is 4.87 Å². The number of fused-ring (bicyclic) bond motifs is 1. The van der Waals surface area contributed by atoms with Gasteiger partial charge in [-0.1, -0.05) is 23.5 Å². The Kier molecular flexibility index (Phi) is 5.66. The van der Waals surface area contributed by atoms with E-state index in [0.717, 1.165) is 48.5 Å². The van der Waals surface area contributed by atoms with Crippen LogP contribution in [0.15, 0.2) is 47.4 Å². The molecule has 1 aliphatic rings. The van der Waals surface area contributed by atoms with Gasteiger partial charge >= 0.3 is 4.87 Å². The van der Waals surface area contributed by atoms with Crippen LogP contribution in [-0.4, -0.2) is 33.6 Å². The van der Waals surface area contributed by atoms with Gasteiger partial charge in [0.25, 0.3) is 0 Å². The topological polar surface area (TPSA) is 50.2 Å². The minimum Gasteiger partial charge on any atom is -0.317 e. The number of nitrogens with zero attached hydrogens (tertiary/aromatic N) is 3. The molecule has 0 bridgehead atoms. The molecule has 1 aliphatic heterocycles. The number of thiazole rings is 1. The molecule has 1 saturated heterocycles. The Bertz CT molecular complexity index is 942. The lowest BCUT2D eigenvalue weighted by molar-refractivity contribution is 0.162. The second-order valence-electron chi connectivity index (χ2n) is 7.29. The molecule has 3 aromatic rings. The zero-order valence-electron chi connectivity index (χ0n) is 15.7. The second kappa shape index (κ2) is 8.33. The predicted octanol–water partition coefficient (Wildman–Crippen LogP) is 3.14. The molecule has 142 valence electrons. The Labute approximate surface area is 163 Å². The zero-order chi connectivity index (χ0) is 18.6. The van der Waals surface area contributed by atoms with Crippen molar-refractivity contribution in [3.05, 3.63) is 63.5 Å². The van der Waals surface area contributed by atoms with Crippen LogP contribution in [0, 0.1) is 0 Å². The average molecular weight is 383 g/mol. The lowest BCUT2D eigenvalue weighted by Gasteiger charge is -2.31. The van der Waals surface area contributed by atoms with Crippen molar-refractivity contribution in [1.29, 1.82) is 0 Å². The lowest BCUT2D eigenvalue weighted by atomic mass is 10.1. The van der Waals surface area contributed by atoms with Crippen LogP contribution in [0.5, 0.6) is 0 Å². The standard InChI is InChI=1S/C21H26N4OS/c1-24-19-8-7-16(13-20(19)27-21(24)26)14-25(15-17-5-2-3-11-23-17)18-6-4-10-22-12-9-18/h2-3,5,7-8,11,13,18,22H,4,6,9-10,12,14-15H2,1H3. The molecule has 27 heavy (non-hydrogen) atoms. The monoisotopic (exact) mass is 382 g/mol. The summed E-state index contributed by atoms with van der Waals surface area (Å²) in [6.45, 7) is 3.92. The van der Waals surface area contributed by atoms with Gasteiger partial charge in [0.15, 0.2) is 0 Å². The Balaban J connectivity index is 1.60. The number of nitrogens with one attached hydrogen (secondary N) is 1. The number of aryl methyl sites for hydroxylation is 1. The highest BCUT2D eigenvalue weighted by atomic mass is 32.1. The van der Waals surface area contributed by atoms with Crippen molar-refractivity contribution in [1.82, 2.24) is 19.8 Å². The van der Waals surface area contributed by atoms with Gasteiger partial charge < -0.3 is 9.88 Å². The number of rotatable bonds is 5. The SMILES string of the molecule is Cn1c(=O)sc2cc(CN(Cc3ccccn3)C3CCCNCC3)ccc21. The first-order valence-electron chi connectivity index (χ1n) is 9.64. The molecule has 2 aromatic heterocycles. The van der Waals surface area contributed by atoms with Crippen LogP contribution in [0.25, 0.3) is 10.2 Å². The molecule has 0 radical (unpaired) electrons. The van der Waals surface area contributed by atoms with E-state index in [4.69, 9.17) is 0 Å². The first kappa shape index (κ1) is 18.3. The first-order chi connectivity index (χ1) is 13.2. The van der Waals surface area contributed by atoms with Gasteiger partial charge in [-0.25, -0.2) is 0 Å². The summed E-state index contributed by atoms with van der Waals surface area (Å²) >= 11 is 1.33. The number of pyridine rings is 1. The normalized spacial score (nSPS) is 18.1. The van der Waals surface area contributed by atoms with Gasteiger partial charge in [-0.2, -0.15) is 0 Å². The Morgan fingerprint density at radius 3 is 3.00 bits per heavy atom. The highest BCUT2D eigenvalue weighted by Gasteiger charge is 2.21. The Morgan fingerprint density at radius 1 is 1.22 bits per heavy atom. The molecule has 0 amide bonds. The molecule has 0 saturated carbocycles. The molecule has 1 atom stereocenters. The molecule has 1 aromatic carbocycles. The van der Waals surface area contributed by atoms with E-state index in [0.29, 0.717) is 6.04 Å². The van der Waals surface area contributed by atoms with Gasteiger partial charge in [0, 0.05) is 32.4 Å². The third kappa shape index (κ3) is 4.29. The third-order valence-electron chi connectivity index (χ3n) is 5.40. The number of benzene rings is 1. The smallest absolute Gasteiger partial charge is 0.307 e. The Hall–Kier alpha value is -2.02. The van der Waals surface area contributed by atoms with Crippen molar-refractivity contribution in [3.63, 3.8) is 0 Å². The van der Waals surface area contributed by atoms with Crippen LogP contribution in [0.2, 0.25) is 0 Å². The zero-order valence-corrected chi connectivity index (χ0v) is 16.5. The van der Waals surface area contributed by atoms with Crippen LogP contribution in [0.1, 0.15) is 30.5 Å². The summed E-state index contributed by atoms with van der Waals surface area (Å²) in [5, 5.41) is 3.51. The number of aromatic nitrogens is 2. The van der Waals surface area contributed by atoms with Crippen LogP contribution in [-0.2, 0) is 20.1 Å². The molecule has 1 fully saturated rings. The van der Waals surface area contributed by atoms with Crippen LogP contribution in [0.4, 0.5) is 0 Å². The summed E-state index contributed by atoms with van der Waals surface area (Å²) in [7, 11) is 1.84. The summed E-state index contributed by atoms with van der Waals surface area (Å²) in [4.78, 5) is 19.2. The molecular formula is C21H26N4OS. The van der Waals surface area contributed by atoms with Gasteiger partial charge in [-0.05, 0) is 62.2 Å². The summed E-state index contributed by atoms with van der Waals surface area (Å²) < 4.78 is 2.80. The molecule has 1 N–H and O–H groups in total. The molecule has 6 heteroatoms. The van der Waals surface area contributed by atoms with E-state index < -0.39 is 0 Å². The minimum atomic E-state index is 0.0994. The molecule has 0 spiro atoms. The fourth-order valence-corrected chi connectivity index (χ4v) is 4.83. The van der Waals surface area contributed by atoms with Crippen molar-refractivity contribution >= 4 is 21.6 Å². The van der Waals surface area contributed by atoms with E-state index in [1.807, 2.05) is 19.3 Å². The van der Waals surface area contributed by atoms with Crippen molar-refractivity contribution in [2.24, 2.45) is 7.05 Å². The molecule has 1 unspecified atom stereocenters. The summed E-state index contributed by atoms with van der Waals surface area (Å²) in [6, 6.07) is 13.1. The van der Waals surface area contributed by atoms with Gasteiger partial charge in [-0.3, -0.25) is 14.7 Å². The first-order valence-corrected chi connectivity index (χ1v) is 10.5. The lowest BCUT2D eigenvalue weighted by Crippen LogP contribution is -2.35. The quantitative estimate of drug-likeness (QED) is 0.737. The highest BCUT2D eigenvalue weighted by Crippen LogP contribution is 2.23. The Morgan fingerprint density at radius 2 is 2.15 bits per heavy atom. The molecular weight excluding hydrogens is 356 g/mol. The van der Waals surface area contributed by atoms with Crippen molar-refractivity contribution in [2.75, 3.05) is 13.1 Å². The predicted molar refractivity (Wildman–Crippen MR) is 111 cm³/mol. The van der Waals surface area contributed by atoms with Crippen LogP contribution < -0.4 is 10.2 Å². The van der Waals surface area contributed by atoms with E-state index in [1.165, 1.54) is 29.7 Å². The fraction of sp³-hybridized carbons (Fsp3) is 0.429. The van der Waals surface area contributed by atoms with Crippen LogP contribution in [0.3, 0.4) is 0 Å². The maximum Gasteiger partial charge on any atom is 0.307 e. The van der Waals surface area contributed by atoms with Crippen molar-refractivity contribution in [3.8, 4) is 0 Å². The highest BCUT2D eigenvalue weighted by molar-refractivity contribution is 7.16. The number of hydrogen-bond acceptors (Lipinski definition) is 5. The van der Waals surface area contributed by atoms with E-state index in [2.05, 4.69) is 45.5 Å². The summed E-state index contributed by atoms with van der Waals surface area (Å²) in [5.41, 5.74) is 3.39. The fourth-order valence-electron chi connectivity index (χ4n) is 3.89. The van der Waals surface area contributed by atoms with Gasteiger partial charge in [-0.15, -0.1) is 0 Å². The van der Waals surface area contributed by atoms with Gasteiger partial charge in [0.2, 0.25) is 0 Å². The van der Waals surface area contributed by atoms with E-state index in [1.54, 1.807) is 4.57 Å². The molecule has 3 heterocycles. The summed E-state index contributed by atoms with van der Waals surface area (Å²) in [5.74, 6) is 0. The largest absolute Gasteiger partial charge is 0.317 e. The van der Waals surface area contributed by atoms with Crippen molar-refractivity contribution < 1.29 is 0 Å². The number of hydrogen-bond donors (Lipinski definition) is 1. The van der Waals surface area contributed by atoms with Gasteiger partial charge in [0.05, 0.1) is 15.9 Å². The van der Waals surface area contributed by atoms with E-state index in [9.17, 15) is 4.79 Å². The molecule has 4 rings (SSSR count). The molecule has 5 nitrogen and oxygen atoms in total. The van der Waals surface area contributed by atoms with E-state index >= 15 is 0 Å². The maximum absolute atomic E-state index is 12.0. The van der Waals surface area contributed by atoms with Gasteiger partial charge in [0.1, 0.15) is 0 Å². The minimum absolute atomic E-state index is 0.0994. The summed E-state index contributed by atoms with van der Waals surface area (Å²) in [6.07, 6.45) is 5.45. The second-order valence-corrected chi connectivity index (χ2v) is 8.28. The van der Waals surface area contributed by atoms with Crippen molar-refractivity contribution in [2.45, 2.75) is 38.4 Å². The maximum atomic E-state index is 12.0. The molecule has 0 aliphatic carbocycles. The van der Waals surface area contributed by atoms with Crippen LogP contribution >= 0.6 is 11.3 Å². The third-order valence-corrected chi connectivity index (χ3v) is 6.39. The average Bonchev–Trinajstić information content (AvgIpc) is 2.86.